The zero-order chi connectivity index (χ0) is 20.2. The third-order valence-corrected chi connectivity index (χ3v) is 5.38. The Hall–Kier alpha value is -2.57. The van der Waals surface area contributed by atoms with Gasteiger partial charge in [-0.05, 0) is 30.2 Å². The molecule has 2 aliphatic heterocycles. The first kappa shape index (κ1) is 19.7. The lowest BCUT2D eigenvalue weighted by Crippen LogP contribution is -2.44. The lowest BCUT2D eigenvalue weighted by atomic mass is 9.96. The van der Waals surface area contributed by atoms with Crippen molar-refractivity contribution in [3.63, 3.8) is 0 Å². The number of morpholine rings is 1. The Morgan fingerprint density at radius 1 is 1.10 bits per heavy atom. The molecule has 0 saturated carbocycles. The summed E-state index contributed by atoms with van der Waals surface area (Å²) in [6, 6.07) is 14.4. The molecule has 4 rings (SSSR count). The third-order valence-electron chi connectivity index (χ3n) is 5.15. The molecular formula is C22H22ClNO5. The van der Waals surface area contributed by atoms with E-state index in [-0.39, 0.29) is 12.5 Å². The fourth-order valence-electron chi connectivity index (χ4n) is 3.57. The number of amides is 1. The maximum absolute atomic E-state index is 13.1. The van der Waals surface area contributed by atoms with Crippen molar-refractivity contribution in [3.8, 4) is 5.75 Å². The molecule has 1 saturated heterocycles. The van der Waals surface area contributed by atoms with Crippen LogP contribution in [0.3, 0.4) is 0 Å². The van der Waals surface area contributed by atoms with Crippen LogP contribution in [0.4, 0.5) is 0 Å². The number of esters is 1. The molecule has 1 fully saturated rings. The molecular weight excluding hydrogens is 394 g/mol. The maximum atomic E-state index is 13.1. The van der Waals surface area contributed by atoms with Crippen molar-refractivity contribution in [2.75, 3.05) is 32.9 Å². The van der Waals surface area contributed by atoms with Crippen molar-refractivity contribution in [2.45, 2.75) is 12.5 Å². The van der Waals surface area contributed by atoms with Crippen molar-refractivity contribution in [3.05, 3.63) is 64.7 Å². The van der Waals surface area contributed by atoms with Gasteiger partial charge >= 0.3 is 5.97 Å². The van der Waals surface area contributed by atoms with Crippen molar-refractivity contribution in [1.82, 2.24) is 4.90 Å². The molecule has 1 amide bonds. The van der Waals surface area contributed by atoms with Crippen LogP contribution >= 0.6 is 11.6 Å². The Balaban J connectivity index is 1.51. The van der Waals surface area contributed by atoms with Gasteiger partial charge in [-0.25, -0.2) is 0 Å². The van der Waals surface area contributed by atoms with Crippen molar-refractivity contribution >= 4 is 23.5 Å². The van der Waals surface area contributed by atoms with Gasteiger partial charge in [-0.2, -0.15) is 0 Å². The van der Waals surface area contributed by atoms with Crippen molar-refractivity contribution in [2.24, 2.45) is 5.92 Å². The normalized spacial score (nSPS) is 19.6. The van der Waals surface area contributed by atoms with Crippen LogP contribution < -0.4 is 4.74 Å². The lowest BCUT2D eigenvalue weighted by molar-refractivity contribution is -0.167. The van der Waals surface area contributed by atoms with E-state index in [4.69, 9.17) is 25.8 Å². The van der Waals surface area contributed by atoms with Gasteiger partial charge in [0.05, 0.1) is 19.1 Å². The highest BCUT2D eigenvalue weighted by Gasteiger charge is 2.34. The number of fused-ring (bicyclic) bond motifs is 1. The highest BCUT2D eigenvalue weighted by Crippen LogP contribution is 2.31. The van der Waals surface area contributed by atoms with Crippen LogP contribution in [0.5, 0.6) is 5.75 Å². The molecule has 152 valence electrons. The predicted molar refractivity (Wildman–Crippen MR) is 107 cm³/mol. The summed E-state index contributed by atoms with van der Waals surface area (Å²) in [5.41, 5.74) is 1.51. The fraction of sp³-hybridized carbons (Fsp3) is 0.364. The van der Waals surface area contributed by atoms with Crippen LogP contribution in [0.1, 0.15) is 17.2 Å². The van der Waals surface area contributed by atoms with Gasteiger partial charge in [-0.15, -0.1) is 0 Å². The molecule has 0 N–H and O–H groups in total. The average Bonchev–Trinajstić information content (AvgIpc) is 2.77. The number of benzene rings is 2. The minimum absolute atomic E-state index is 0.209. The van der Waals surface area contributed by atoms with Crippen LogP contribution in [-0.4, -0.2) is 49.7 Å². The number of hydrogen-bond acceptors (Lipinski definition) is 5. The lowest BCUT2D eigenvalue weighted by Gasteiger charge is -2.31. The van der Waals surface area contributed by atoms with Gasteiger partial charge < -0.3 is 19.1 Å². The summed E-state index contributed by atoms with van der Waals surface area (Å²) >= 11 is 6.06. The Labute approximate surface area is 174 Å². The van der Waals surface area contributed by atoms with Crippen LogP contribution in [0.15, 0.2) is 48.5 Å². The van der Waals surface area contributed by atoms with Crippen molar-refractivity contribution < 1.29 is 23.8 Å². The Morgan fingerprint density at radius 2 is 1.86 bits per heavy atom. The summed E-state index contributed by atoms with van der Waals surface area (Å²) in [6.07, 6.45) is -0.523. The second-order valence-corrected chi connectivity index (χ2v) is 7.57. The van der Waals surface area contributed by atoms with Crippen molar-refractivity contribution in [1.29, 1.82) is 0 Å². The molecule has 2 atom stereocenters. The van der Waals surface area contributed by atoms with Gasteiger partial charge in [0.15, 0.2) is 0 Å². The van der Waals surface area contributed by atoms with E-state index in [0.29, 0.717) is 43.3 Å². The Morgan fingerprint density at radius 3 is 2.62 bits per heavy atom. The van der Waals surface area contributed by atoms with E-state index >= 15 is 0 Å². The number of carbonyl (C=O) groups excluding carboxylic acids is 2. The second-order valence-electron chi connectivity index (χ2n) is 7.13. The highest BCUT2D eigenvalue weighted by atomic mass is 35.5. The van der Waals surface area contributed by atoms with E-state index in [1.54, 1.807) is 35.2 Å². The molecule has 2 aromatic carbocycles. The minimum atomic E-state index is -0.984. The first-order valence-corrected chi connectivity index (χ1v) is 10.0. The first-order valence-electron chi connectivity index (χ1n) is 9.65. The molecule has 2 aliphatic rings. The molecule has 0 unspecified atom stereocenters. The number of halogens is 1. The van der Waals surface area contributed by atoms with E-state index in [2.05, 4.69) is 0 Å². The Kier molecular flexibility index (Phi) is 6.02. The highest BCUT2D eigenvalue weighted by molar-refractivity contribution is 6.30. The van der Waals surface area contributed by atoms with Gasteiger partial charge in [0.25, 0.3) is 5.91 Å². The first-order chi connectivity index (χ1) is 14.1. The summed E-state index contributed by atoms with van der Waals surface area (Å²) in [4.78, 5) is 27.7. The van der Waals surface area contributed by atoms with Crippen LogP contribution in [0, 0.1) is 5.92 Å². The van der Waals surface area contributed by atoms with Gasteiger partial charge in [0.1, 0.15) is 12.4 Å². The topological polar surface area (TPSA) is 65.1 Å². The maximum Gasteiger partial charge on any atom is 0.313 e. The molecule has 7 heteroatoms. The molecule has 0 radical (unpaired) electrons. The summed E-state index contributed by atoms with van der Waals surface area (Å²) in [5.74, 6) is -0.453. The van der Waals surface area contributed by atoms with E-state index in [0.717, 1.165) is 11.3 Å². The molecule has 0 spiro atoms. The number of hydrogen-bond donors (Lipinski definition) is 0. The van der Waals surface area contributed by atoms with Crippen LogP contribution in [-0.2, 0) is 25.5 Å². The summed E-state index contributed by atoms with van der Waals surface area (Å²) in [6.45, 7) is 2.14. The quantitative estimate of drug-likeness (QED) is 0.718. The number of ether oxygens (including phenoxy) is 3. The molecule has 0 aromatic heterocycles. The molecule has 29 heavy (non-hydrogen) atoms. The van der Waals surface area contributed by atoms with Crippen LogP contribution in [0.25, 0.3) is 0 Å². The second kappa shape index (κ2) is 8.84. The van der Waals surface area contributed by atoms with E-state index in [1.807, 2.05) is 18.2 Å². The molecule has 0 bridgehead atoms. The van der Waals surface area contributed by atoms with E-state index in [1.165, 1.54) is 0 Å². The van der Waals surface area contributed by atoms with E-state index < -0.39 is 18.0 Å². The zero-order valence-electron chi connectivity index (χ0n) is 15.9. The minimum Gasteiger partial charge on any atom is -0.492 e. The number of rotatable bonds is 4. The van der Waals surface area contributed by atoms with Crippen LogP contribution in [0.2, 0.25) is 5.02 Å². The largest absolute Gasteiger partial charge is 0.492 e. The predicted octanol–water partition coefficient (Wildman–Crippen LogP) is 3.03. The molecule has 0 aliphatic carbocycles. The summed E-state index contributed by atoms with van der Waals surface area (Å²) < 4.78 is 16.8. The average molecular weight is 416 g/mol. The molecule has 2 heterocycles. The monoisotopic (exact) mass is 415 g/mol. The third kappa shape index (κ3) is 4.54. The zero-order valence-corrected chi connectivity index (χ0v) is 16.6. The van der Waals surface area contributed by atoms with Gasteiger partial charge in [-0.1, -0.05) is 41.9 Å². The molecule has 2 aromatic rings. The van der Waals surface area contributed by atoms with Gasteiger partial charge in [0.2, 0.25) is 6.10 Å². The standard InChI is InChI=1S/C22H22ClNO5/c23-18-6-7-19-16(13-18)12-17(14-28-19)22(26)29-20(15-4-2-1-3-5-15)21(25)24-8-10-27-11-9-24/h1-7,13,17,20H,8-12,14H2/t17-,20-/m0/s1. The van der Waals surface area contributed by atoms with Gasteiger partial charge in [0, 0.05) is 23.7 Å². The number of nitrogens with zero attached hydrogens (tertiary/aromatic N) is 1. The van der Waals surface area contributed by atoms with Gasteiger partial charge in [-0.3, -0.25) is 9.59 Å². The summed E-state index contributed by atoms with van der Waals surface area (Å²) in [7, 11) is 0. The fourth-order valence-corrected chi connectivity index (χ4v) is 3.76. The Bertz CT molecular complexity index is 882. The number of carbonyl (C=O) groups is 2. The summed E-state index contributed by atoms with van der Waals surface area (Å²) in [5, 5.41) is 0.589. The van der Waals surface area contributed by atoms with E-state index in [9.17, 15) is 9.59 Å². The SMILES string of the molecule is O=C(O[C@H](C(=O)N1CCOCC1)c1ccccc1)[C@@H]1COc2ccc(Cl)cc2C1. The molecule has 6 nitrogen and oxygen atoms in total. The smallest absolute Gasteiger partial charge is 0.313 e.